The summed E-state index contributed by atoms with van der Waals surface area (Å²) in [5.41, 5.74) is 4.87. The van der Waals surface area contributed by atoms with Gasteiger partial charge in [-0.1, -0.05) is 18.3 Å². The average Bonchev–Trinajstić information content (AvgIpc) is 3.16. The Hall–Kier alpha value is -2.67. The number of hydrogen-bond acceptors (Lipinski definition) is 5. The lowest BCUT2D eigenvalue weighted by atomic mass is 10.3. The van der Waals surface area contributed by atoms with E-state index in [1.807, 2.05) is 48.9 Å². The van der Waals surface area contributed by atoms with Gasteiger partial charge in [-0.25, -0.2) is 9.97 Å². The van der Waals surface area contributed by atoms with Crippen LogP contribution in [0.3, 0.4) is 0 Å². The second-order valence-corrected chi connectivity index (χ2v) is 6.77. The zero-order valence-electron chi connectivity index (χ0n) is 14.2. The smallest absolute Gasteiger partial charge is 0.212 e. The Labute approximate surface area is 150 Å². The van der Waals surface area contributed by atoms with Crippen molar-refractivity contribution in [1.82, 2.24) is 19.5 Å². The molecule has 1 aliphatic heterocycles. The molecule has 0 aliphatic carbocycles. The summed E-state index contributed by atoms with van der Waals surface area (Å²) in [6, 6.07) is 5.90. The molecular formula is C18H19N5OS. The number of H-pyrrole nitrogens is 1. The maximum Gasteiger partial charge on any atom is 0.212 e. The van der Waals surface area contributed by atoms with Crippen molar-refractivity contribution in [3.8, 4) is 5.75 Å². The first-order valence-corrected chi connectivity index (χ1v) is 9.09. The first-order valence-electron chi connectivity index (χ1n) is 8.10. The number of aromatic nitrogens is 4. The van der Waals surface area contributed by atoms with Crippen molar-refractivity contribution in [3.05, 3.63) is 48.4 Å². The van der Waals surface area contributed by atoms with Crippen LogP contribution < -0.4 is 10.1 Å². The Balaban J connectivity index is 1.50. The van der Waals surface area contributed by atoms with Crippen molar-refractivity contribution in [1.29, 1.82) is 0 Å². The Kier molecular flexibility index (Phi) is 4.01. The molecule has 3 heterocycles. The van der Waals surface area contributed by atoms with E-state index in [1.54, 1.807) is 11.8 Å². The molecule has 128 valence electrons. The quantitative estimate of drug-likeness (QED) is 0.671. The number of nitrogens with zero attached hydrogens (tertiary/aromatic N) is 3. The van der Waals surface area contributed by atoms with Crippen LogP contribution in [0.5, 0.6) is 5.75 Å². The number of aromatic amines is 1. The second kappa shape index (κ2) is 6.33. The van der Waals surface area contributed by atoms with Crippen LogP contribution in [0.4, 0.5) is 5.95 Å². The first kappa shape index (κ1) is 15.8. The molecule has 0 atom stereocenters. The molecule has 25 heavy (non-hydrogen) atoms. The molecule has 7 heteroatoms. The van der Waals surface area contributed by atoms with Crippen molar-refractivity contribution in [2.75, 3.05) is 11.9 Å². The van der Waals surface area contributed by atoms with Crippen molar-refractivity contribution in [3.63, 3.8) is 0 Å². The van der Waals surface area contributed by atoms with Crippen molar-refractivity contribution in [2.45, 2.75) is 24.8 Å². The van der Waals surface area contributed by atoms with Gasteiger partial charge in [0.25, 0.3) is 0 Å². The molecule has 3 aromatic rings. The van der Waals surface area contributed by atoms with Gasteiger partial charge in [-0.2, -0.15) is 0 Å². The zero-order chi connectivity index (χ0) is 17.4. The summed E-state index contributed by atoms with van der Waals surface area (Å²) in [7, 11) is 0. The maximum atomic E-state index is 5.53. The van der Waals surface area contributed by atoms with Gasteiger partial charge in [0.05, 0.1) is 23.3 Å². The van der Waals surface area contributed by atoms with Crippen LogP contribution in [0.15, 0.2) is 47.9 Å². The van der Waals surface area contributed by atoms with Crippen LogP contribution in [0.25, 0.3) is 16.7 Å². The Morgan fingerprint density at radius 2 is 2.20 bits per heavy atom. The molecule has 0 bridgehead atoms. The van der Waals surface area contributed by atoms with E-state index in [2.05, 4.69) is 26.8 Å². The summed E-state index contributed by atoms with van der Waals surface area (Å²) in [6.07, 6.45) is 4.05. The third kappa shape index (κ3) is 3.15. The fourth-order valence-corrected chi connectivity index (χ4v) is 3.56. The van der Waals surface area contributed by atoms with Crippen molar-refractivity contribution < 1.29 is 4.74 Å². The highest BCUT2D eigenvalue weighted by Gasteiger charge is 2.14. The molecule has 4 rings (SSSR count). The number of anilines is 1. The largest absolute Gasteiger partial charge is 0.494 e. The van der Waals surface area contributed by atoms with Gasteiger partial charge in [-0.05, 0) is 32.1 Å². The van der Waals surface area contributed by atoms with E-state index in [0.29, 0.717) is 6.61 Å². The normalized spacial score (nSPS) is 13.5. The highest BCUT2D eigenvalue weighted by atomic mass is 32.2. The van der Waals surface area contributed by atoms with Gasteiger partial charge in [0.1, 0.15) is 5.75 Å². The minimum absolute atomic E-state index is 0.653. The van der Waals surface area contributed by atoms with Crippen LogP contribution in [-0.4, -0.2) is 26.1 Å². The molecule has 1 aromatic carbocycles. The highest BCUT2D eigenvalue weighted by Crippen LogP contribution is 2.28. The maximum absolute atomic E-state index is 5.53. The predicted molar refractivity (Wildman–Crippen MR) is 102 cm³/mol. The lowest BCUT2D eigenvalue weighted by Crippen LogP contribution is -2.09. The summed E-state index contributed by atoms with van der Waals surface area (Å²) < 4.78 is 7.57. The summed E-state index contributed by atoms with van der Waals surface area (Å²) in [4.78, 5) is 12.6. The Morgan fingerprint density at radius 1 is 1.32 bits per heavy atom. The molecule has 6 nitrogen and oxygen atoms in total. The molecule has 0 spiro atoms. The van der Waals surface area contributed by atoms with Crippen LogP contribution in [0.2, 0.25) is 0 Å². The van der Waals surface area contributed by atoms with E-state index in [1.165, 1.54) is 0 Å². The van der Waals surface area contributed by atoms with E-state index in [-0.39, 0.29) is 0 Å². The van der Waals surface area contributed by atoms with Crippen LogP contribution in [0, 0.1) is 0 Å². The van der Waals surface area contributed by atoms with E-state index >= 15 is 0 Å². The van der Waals surface area contributed by atoms with Crippen molar-refractivity contribution >= 4 is 34.4 Å². The van der Waals surface area contributed by atoms with Gasteiger partial charge in [-0.3, -0.25) is 4.57 Å². The monoisotopic (exact) mass is 353 g/mol. The Bertz CT molecular complexity index is 985. The van der Waals surface area contributed by atoms with E-state index in [9.17, 15) is 0 Å². The van der Waals surface area contributed by atoms with Crippen molar-refractivity contribution in [2.24, 2.45) is 0 Å². The van der Waals surface area contributed by atoms with E-state index in [4.69, 9.17) is 4.74 Å². The highest BCUT2D eigenvalue weighted by molar-refractivity contribution is 7.98. The molecule has 2 N–H and O–H groups in total. The number of ether oxygens (including phenoxy) is 1. The number of allylic oxidation sites excluding steroid dienone is 2. The number of thioether (sulfide) groups is 1. The summed E-state index contributed by atoms with van der Waals surface area (Å²) in [5.74, 6) is 2.40. The average molecular weight is 353 g/mol. The minimum Gasteiger partial charge on any atom is -0.494 e. The van der Waals surface area contributed by atoms with Crippen LogP contribution in [0.1, 0.15) is 19.5 Å². The summed E-state index contributed by atoms with van der Waals surface area (Å²) in [5, 5.41) is 4.06. The molecule has 0 fully saturated rings. The molecule has 1 aliphatic rings. The molecule has 2 aromatic heterocycles. The number of nitrogens with one attached hydrogen (secondary N) is 2. The number of hydrogen-bond donors (Lipinski definition) is 2. The fourth-order valence-electron chi connectivity index (χ4n) is 2.79. The first-order chi connectivity index (χ1) is 12.1. The number of imidazole rings is 2. The Morgan fingerprint density at radius 3 is 3.04 bits per heavy atom. The molecule has 0 saturated carbocycles. The SMILES string of the molecule is C=C1C=C(C)n2cc(CSc3nc4ccc(OCC)cc4[nH]3)nc2N1. The zero-order valence-corrected chi connectivity index (χ0v) is 15.0. The van der Waals surface area contributed by atoms with Gasteiger partial charge < -0.3 is 15.0 Å². The van der Waals surface area contributed by atoms with Gasteiger partial charge in [0.15, 0.2) is 5.16 Å². The minimum atomic E-state index is 0.653. The van der Waals surface area contributed by atoms with Crippen LogP contribution in [-0.2, 0) is 5.75 Å². The summed E-state index contributed by atoms with van der Waals surface area (Å²) >= 11 is 1.63. The second-order valence-electron chi connectivity index (χ2n) is 5.80. The van der Waals surface area contributed by atoms with E-state index in [0.717, 1.165) is 50.7 Å². The van der Waals surface area contributed by atoms with E-state index < -0.39 is 0 Å². The van der Waals surface area contributed by atoms with Gasteiger partial charge in [0, 0.05) is 29.4 Å². The van der Waals surface area contributed by atoms with Gasteiger partial charge in [-0.15, -0.1) is 0 Å². The molecule has 0 saturated heterocycles. The molecule has 0 radical (unpaired) electrons. The third-order valence-electron chi connectivity index (χ3n) is 3.89. The predicted octanol–water partition coefficient (Wildman–Crippen LogP) is 4.25. The molecule has 0 amide bonds. The summed E-state index contributed by atoms with van der Waals surface area (Å²) in [6.45, 7) is 8.61. The fraction of sp³-hybridized carbons (Fsp3) is 0.222. The lowest BCUT2D eigenvalue weighted by Gasteiger charge is -2.15. The topological polar surface area (TPSA) is 67.8 Å². The lowest BCUT2D eigenvalue weighted by molar-refractivity contribution is 0.340. The standard InChI is InChI=1S/C18H19N5OS/c1-4-24-14-5-6-15-16(8-14)22-18(21-15)25-10-13-9-23-12(3)7-11(2)19-17(23)20-13/h5-9H,2,4,10H2,1,3H3,(H,19,20)(H,21,22). The number of rotatable bonds is 5. The molecule has 0 unspecified atom stereocenters. The molecular weight excluding hydrogens is 334 g/mol. The van der Waals surface area contributed by atoms with Gasteiger partial charge >= 0.3 is 0 Å². The van der Waals surface area contributed by atoms with Crippen LogP contribution >= 0.6 is 11.8 Å². The van der Waals surface area contributed by atoms with Gasteiger partial charge in [0.2, 0.25) is 5.95 Å². The third-order valence-corrected chi connectivity index (χ3v) is 4.80. The number of fused-ring (bicyclic) bond motifs is 2. The number of benzene rings is 1.